The molecule has 152 valence electrons. The molecule has 8 heteroatoms. The maximum Gasteiger partial charge on any atom is 0.236 e. The summed E-state index contributed by atoms with van der Waals surface area (Å²) in [5.41, 5.74) is 2.12. The molecule has 0 fully saturated rings. The number of rotatable bonds is 8. The second kappa shape index (κ2) is 9.56. The number of nitrogens with one attached hydrogen (secondary N) is 1. The maximum absolute atomic E-state index is 12.2. The van der Waals surface area contributed by atoms with E-state index in [0.717, 1.165) is 17.9 Å². The number of pyridine rings is 1. The summed E-state index contributed by atoms with van der Waals surface area (Å²) in [5, 5.41) is 11.9. The van der Waals surface area contributed by atoms with Gasteiger partial charge in [0.15, 0.2) is 17.1 Å². The van der Waals surface area contributed by atoms with Crippen LogP contribution in [0.15, 0.2) is 47.6 Å². The molecule has 0 unspecified atom stereocenters. The van der Waals surface area contributed by atoms with Gasteiger partial charge >= 0.3 is 0 Å². The molecule has 0 aliphatic carbocycles. The smallest absolute Gasteiger partial charge is 0.236 e. The first-order valence-corrected chi connectivity index (χ1v) is 10.5. The number of hydrogen-bond donors (Lipinski definition) is 1. The van der Waals surface area contributed by atoms with Gasteiger partial charge in [0.25, 0.3) is 0 Å². The van der Waals surface area contributed by atoms with Crippen LogP contribution in [0.25, 0.3) is 0 Å². The van der Waals surface area contributed by atoms with E-state index in [4.69, 9.17) is 4.74 Å². The summed E-state index contributed by atoms with van der Waals surface area (Å²) >= 11 is 1.32. The van der Waals surface area contributed by atoms with E-state index in [9.17, 15) is 4.79 Å². The van der Waals surface area contributed by atoms with Gasteiger partial charge in [-0.1, -0.05) is 36.9 Å². The summed E-state index contributed by atoms with van der Waals surface area (Å²) in [4.78, 5) is 16.5. The minimum Gasteiger partial charge on any atom is -0.483 e. The SMILES string of the molecule is CCc1ccc(O[C@H](C)c2nnc(SCC(=O)Nc3cccc(C)n3)n2C)cc1. The average Bonchev–Trinajstić information content (AvgIpc) is 3.07. The zero-order chi connectivity index (χ0) is 20.8. The van der Waals surface area contributed by atoms with Gasteiger partial charge < -0.3 is 14.6 Å². The molecule has 0 saturated heterocycles. The fourth-order valence-electron chi connectivity index (χ4n) is 2.79. The minimum atomic E-state index is -0.264. The molecule has 1 atom stereocenters. The molecule has 1 amide bonds. The molecule has 0 aliphatic rings. The van der Waals surface area contributed by atoms with Gasteiger partial charge in [-0.25, -0.2) is 4.98 Å². The van der Waals surface area contributed by atoms with Crippen LogP contribution in [0.2, 0.25) is 0 Å². The highest BCUT2D eigenvalue weighted by molar-refractivity contribution is 7.99. The summed E-state index contributed by atoms with van der Waals surface area (Å²) in [7, 11) is 1.87. The van der Waals surface area contributed by atoms with Gasteiger partial charge in [0.2, 0.25) is 5.91 Å². The number of carbonyl (C=O) groups excluding carboxylic acids is 1. The molecule has 3 rings (SSSR count). The summed E-state index contributed by atoms with van der Waals surface area (Å²) < 4.78 is 7.84. The van der Waals surface area contributed by atoms with Crippen molar-refractivity contribution in [2.24, 2.45) is 7.05 Å². The van der Waals surface area contributed by atoms with Gasteiger partial charge in [0.1, 0.15) is 11.6 Å². The summed E-state index contributed by atoms with van der Waals surface area (Å²) in [5.74, 6) is 2.11. The first kappa shape index (κ1) is 20.9. The van der Waals surface area contributed by atoms with Crippen LogP contribution in [0, 0.1) is 6.92 Å². The number of anilines is 1. The number of ether oxygens (including phenoxy) is 1. The molecule has 2 heterocycles. The summed E-state index contributed by atoms with van der Waals surface area (Å²) in [6.07, 6.45) is 0.729. The van der Waals surface area contributed by atoms with Gasteiger partial charge in [-0.05, 0) is 50.1 Å². The Hall–Kier alpha value is -2.87. The van der Waals surface area contributed by atoms with E-state index in [2.05, 4.69) is 39.6 Å². The lowest BCUT2D eigenvalue weighted by atomic mass is 10.2. The standard InChI is InChI=1S/C21H25N5O2S/c1-5-16-9-11-17(12-10-16)28-15(3)20-24-25-21(26(20)4)29-13-19(27)23-18-8-6-7-14(2)22-18/h6-12,15H,5,13H2,1-4H3,(H,22,23,27)/t15-/m1/s1. The molecule has 0 bridgehead atoms. The van der Waals surface area contributed by atoms with E-state index in [-0.39, 0.29) is 17.8 Å². The second-order valence-corrected chi connectivity index (χ2v) is 7.60. The van der Waals surface area contributed by atoms with Crippen LogP contribution in [0.1, 0.15) is 37.0 Å². The molecule has 3 aromatic rings. The highest BCUT2D eigenvalue weighted by atomic mass is 32.2. The number of aromatic nitrogens is 4. The fraction of sp³-hybridized carbons (Fsp3) is 0.333. The molecular formula is C21H25N5O2S. The lowest BCUT2D eigenvalue weighted by Gasteiger charge is -2.14. The first-order chi connectivity index (χ1) is 14.0. The van der Waals surface area contributed by atoms with Gasteiger partial charge in [-0.15, -0.1) is 10.2 Å². The lowest BCUT2D eigenvalue weighted by Crippen LogP contribution is -2.15. The highest BCUT2D eigenvalue weighted by Crippen LogP contribution is 2.24. The molecule has 0 aliphatic heterocycles. The van der Waals surface area contributed by atoms with Crippen molar-refractivity contribution in [3.8, 4) is 5.75 Å². The molecule has 0 radical (unpaired) electrons. The zero-order valence-electron chi connectivity index (χ0n) is 17.0. The Balaban J connectivity index is 1.57. The predicted octanol–water partition coefficient (Wildman–Crippen LogP) is 3.95. The molecule has 0 spiro atoms. The van der Waals surface area contributed by atoms with Crippen LogP contribution >= 0.6 is 11.8 Å². The molecule has 0 saturated carbocycles. The quantitative estimate of drug-likeness (QED) is 0.565. The Bertz CT molecular complexity index is 971. The third-order valence-corrected chi connectivity index (χ3v) is 5.39. The Kier molecular flexibility index (Phi) is 6.87. The Morgan fingerprint density at radius 1 is 1.21 bits per heavy atom. The van der Waals surface area contributed by atoms with Crippen LogP contribution in [-0.4, -0.2) is 31.4 Å². The number of carbonyl (C=O) groups is 1. The number of aryl methyl sites for hydroxylation is 2. The Labute approximate surface area is 174 Å². The lowest BCUT2D eigenvalue weighted by molar-refractivity contribution is -0.113. The summed E-state index contributed by atoms with van der Waals surface area (Å²) in [6.45, 7) is 5.93. The van der Waals surface area contributed by atoms with Gasteiger partial charge in [-0.3, -0.25) is 4.79 Å². The van der Waals surface area contributed by atoms with Crippen LogP contribution in [-0.2, 0) is 18.3 Å². The third-order valence-electron chi connectivity index (χ3n) is 4.36. The number of amides is 1. The second-order valence-electron chi connectivity index (χ2n) is 6.66. The molecule has 1 N–H and O–H groups in total. The topological polar surface area (TPSA) is 81.9 Å². The molecular weight excluding hydrogens is 386 g/mol. The number of thioether (sulfide) groups is 1. The van der Waals surface area contributed by atoms with Gasteiger partial charge in [-0.2, -0.15) is 0 Å². The monoisotopic (exact) mass is 411 g/mol. The van der Waals surface area contributed by atoms with Crippen molar-refractivity contribution in [3.63, 3.8) is 0 Å². The number of hydrogen-bond acceptors (Lipinski definition) is 6. The normalized spacial score (nSPS) is 11.9. The van der Waals surface area contributed by atoms with E-state index in [0.29, 0.717) is 16.8 Å². The largest absolute Gasteiger partial charge is 0.483 e. The van der Waals surface area contributed by atoms with E-state index < -0.39 is 0 Å². The average molecular weight is 412 g/mol. The van der Waals surface area contributed by atoms with Crippen molar-refractivity contribution in [2.75, 3.05) is 11.1 Å². The van der Waals surface area contributed by atoms with Gasteiger partial charge in [0.05, 0.1) is 5.75 Å². The molecule has 29 heavy (non-hydrogen) atoms. The maximum atomic E-state index is 12.2. The Morgan fingerprint density at radius 3 is 2.66 bits per heavy atom. The third kappa shape index (κ3) is 5.57. The van der Waals surface area contributed by atoms with E-state index >= 15 is 0 Å². The Morgan fingerprint density at radius 2 is 1.97 bits per heavy atom. The fourth-order valence-corrected chi connectivity index (χ4v) is 3.51. The van der Waals surface area contributed by atoms with Crippen LogP contribution in [0.3, 0.4) is 0 Å². The first-order valence-electron chi connectivity index (χ1n) is 9.47. The van der Waals surface area contributed by atoms with Crippen molar-refractivity contribution in [1.29, 1.82) is 0 Å². The molecule has 7 nitrogen and oxygen atoms in total. The number of nitrogens with zero attached hydrogens (tertiary/aromatic N) is 4. The zero-order valence-corrected chi connectivity index (χ0v) is 17.9. The highest BCUT2D eigenvalue weighted by Gasteiger charge is 2.18. The van der Waals surface area contributed by atoms with Crippen LogP contribution in [0.5, 0.6) is 5.75 Å². The molecule has 1 aromatic carbocycles. The number of benzene rings is 1. The van der Waals surface area contributed by atoms with E-state index in [1.165, 1.54) is 17.3 Å². The van der Waals surface area contributed by atoms with Crippen LogP contribution in [0.4, 0.5) is 5.82 Å². The van der Waals surface area contributed by atoms with Crippen molar-refractivity contribution >= 4 is 23.5 Å². The van der Waals surface area contributed by atoms with Crippen molar-refractivity contribution in [1.82, 2.24) is 19.7 Å². The van der Waals surface area contributed by atoms with Crippen molar-refractivity contribution in [3.05, 3.63) is 59.5 Å². The minimum absolute atomic E-state index is 0.141. The van der Waals surface area contributed by atoms with Crippen molar-refractivity contribution < 1.29 is 9.53 Å². The predicted molar refractivity (Wildman–Crippen MR) is 114 cm³/mol. The van der Waals surface area contributed by atoms with Crippen molar-refractivity contribution in [2.45, 2.75) is 38.5 Å². The van der Waals surface area contributed by atoms with E-state index in [1.54, 1.807) is 6.07 Å². The van der Waals surface area contributed by atoms with Gasteiger partial charge in [0, 0.05) is 12.7 Å². The van der Waals surface area contributed by atoms with Crippen LogP contribution < -0.4 is 10.1 Å². The summed E-state index contributed by atoms with van der Waals surface area (Å²) in [6, 6.07) is 13.5. The van der Waals surface area contributed by atoms with E-state index in [1.807, 2.05) is 49.7 Å². The molecule has 2 aromatic heterocycles.